The maximum Gasteiger partial charge on any atom is 0.305 e. The first-order valence-electron chi connectivity index (χ1n) is 12.4. The molecule has 0 radical (unpaired) electrons. The minimum Gasteiger partial charge on any atom is -0.469 e. The third kappa shape index (κ3) is 10.4. The van der Waals surface area contributed by atoms with Gasteiger partial charge in [-0.1, -0.05) is 38.5 Å². The second-order valence-electron chi connectivity index (χ2n) is 9.59. The fourth-order valence-electron chi connectivity index (χ4n) is 4.41. The number of piperidine rings is 1. The number of nitrogens with one attached hydrogen (secondary N) is 2. The third-order valence-corrected chi connectivity index (χ3v) is 6.07. The topological polar surface area (TPSA) is 62.8 Å². The number of methoxy groups -OCH3 is 1. The van der Waals surface area contributed by atoms with Gasteiger partial charge in [-0.2, -0.15) is 0 Å². The van der Waals surface area contributed by atoms with Gasteiger partial charge in [0, 0.05) is 39.4 Å². The molecule has 6 nitrogen and oxygen atoms in total. The number of alkyl halides is 2. The normalized spacial score (nSPS) is 19.1. The molecular formula is C27H45F2N3O3. The molecule has 8 heteroatoms. The number of carbonyl (C=O) groups is 1. The third-order valence-electron chi connectivity index (χ3n) is 6.07. The van der Waals surface area contributed by atoms with Crippen LogP contribution in [0.2, 0.25) is 0 Å². The number of allylic oxidation sites excluding steroid dienone is 3. The Balaban J connectivity index is 3.04. The molecule has 1 aliphatic rings. The molecule has 0 saturated carbocycles. The fourth-order valence-corrected chi connectivity index (χ4v) is 4.41. The summed E-state index contributed by atoms with van der Waals surface area (Å²) in [5.74, 6) is -3.34. The Morgan fingerprint density at radius 3 is 2.49 bits per heavy atom. The first-order chi connectivity index (χ1) is 16.5. The van der Waals surface area contributed by atoms with Crippen molar-refractivity contribution < 1.29 is 23.0 Å². The van der Waals surface area contributed by atoms with Gasteiger partial charge in [-0.05, 0) is 43.8 Å². The van der Waals surface area contributed by atoms with E-state index in [1.54, 1.807) is 4.90 Å². The van der Waals surface area contributed by atoms with Gasteiger partial charge in [0.25, 0.3) is 5.92 Å². The van der Waals surface area contributed by atoms with Gasteiger partial charge < -0.3 is 25.0 Å². The summed E-state index contributed by atoms with van der Waals surface area (Å²) in [5, 5.41) is 6.37. The van der Waals surface area contributed by atoms with Crippen molar-refractivity contribution in [1.82, 2.24) is 15.5 Å². The van der Waals surface area contributed by atoms with Crippen LogP contribution in [0, 0.1) is 11.8 Å². The van der Waals surface area contributed by atoms with Crippen LogP contribution < -0.4 is 10.6 Å². The molecule has 0 amide bonds. The molecule has 0 aromatic rings. The van der Waals surface area contributed by atoms with Crippen LogP contribution >= 0.6 is 0 Å². The minimum absolute atomic E-state index is 0.0237. The van der Waals surface area contributed by atoms with Crippen LogP contribution in [-0.4, -0.2) is 64.3 Å². The fraction of sp³-hybridized carbons (Fsp3) is 0.667. The Morgan fingerprint density at radius 2 is 1.94 bits per heavy atom. The monoisotopic (exact) mass is 497 g/mol. The Bertz CT molecular complexity index is 801. The molecule has 0 bridgehead atoms. The predicted octanol–water partition coefficient (Wildman–Crippen LogP) is 5.02. The van der Waals surface area contributed by atoms with Crippen LogP contribution in [0.5, 0.6) is 0 Å². The summed E-state index contributed by atoms with van der Waals surface area (Å²) in [6, 6.07) is 0. The molecule has 1 fully saturated rings. The Hall–Kier alpha value is -2.35. The number of likely N-dealkylation sites (tertiary alicyclic amines) is 1. The highest BCUT2D eigenvalue weighted by atomic mass is 19.3. The second-order valence-corrected chi connectivity index (χ2v) is 9.59. The lowest BCUT2D eigenvalue weighted by Gasteiger charge is -2.39. The van der Waals surface area contributed by atoms with E-state index in [0.29, 0.717) is 36.9 Å². The van der Waals surface area contributed by atoms with Gasteiger partial charge in [-0.25, -0.2) is 8.78 Å². The van der Waals surface area contributed by atoms with Gasteiger partial charge >= 0.3 is 5.97 Å². The van der Waals surface area contributed by atoms with Gasteiger partial charge in [0.1, 0.15) is 0 Å². The first kappa shape index (κ1) is 30.7. The molecular weight excluding hydrogens is 452 g/mol. The van der Waals surface area contributed by atoms with Crippen molar-refractivity contribution in [3.05, 3.63) is 47.0 Å². The van der Waals surface area contributed by atoms with Crippen LogP contribution in [0.25, 0.3) is 0 Å². The number of esters is 1. The van der Waals surface area contributed by atoms with Crippen molar-refractivity contribution in [2.45, 2.75) is 59.3 Å². The molecule has 35 heavy (non-hydrogen) atoms. The van der Waals surface area contributed by atoms with Gasteiger partial charge in [0.2, 0.25) is 0 Å². The summed E-state index contributed by atoms with van der Waals surface area (Å²) in [5.41, 5.74) is 3.97. The lowest BCUT2D eigenvalue weighted by atomic mass is 9.91. The van der Waals surface area contributed by atoms with Gasteiger partial charge in [-0.3, -0.25) is 4.79 Å². The average Bonchev–Trinajstić information content (AvgIpc) is 2.77. The highest BCUT2D eigenvalue weighted by molar-refractivity contribution is 5.69. The maximum atomic E-state index is 14.5. The summed E-state index contributed by atoms with van der Waals surface area (Å²) < 4.78 is 39.7. The van der Waals surface area contributed by atoms with Gasteiger partial charge in [0.15, 0.2) is 0 Å². The molecule has 0 spiro atoms. The Morgan fingerprint density at radius 1 is 1.26 bits per heavy atom. The van der Waals surface area contributed by atoms with E-state index in [1.807, 2.05) is 40.1 Å². The summed E-state index contributed by atoms with van der Waals surface area (Å²) in [6.07, 6.45) is 5.55. The van der Waals surface area contributed by atoms with Crippen molar-refractivity contribution in [3.8, 4) is 0 Å². The predicted molar refractivity (Wildman–Crippen MR) is 138 cm³/mol. The van der Waals surface area contributed by atoms with E-state index in [-0.39, 0.29) is 19.4 Å². The zero-order valence-electron chi connectivity index (χ0n) is 22.6. The number of carbonyl (C=O) groups excluding carboxylic acids is 1. The standard InChI is InChI=1S/C27H45F2N3O3/c1-9-10-20(4)16-35-17-23(30-6)26(31-7)21(5)11-12-24(19(2)3)32-15-22(13-25(33)34-8)14-27(28,29)18-32/h11-12,20,22,30-31H,5,9-10,13-18H2,1-4,6-8H3/b12-11-,26-23-/t20?,22-/m0/s1. The number of hydrogen-bond donors (Lipinski definition) is 2. The number of hydrogen-bond acceptors (Lipinski definition) is 6. The van der Waals surface area contributed by atoms with Gasteiger partial charge in [-0.15, -0.1) is 0 Å². The number of rotatable bonds is 14. The summed E-state index contributed by atoms with van der Waals surface area (Å²) in [6.45, 7) is 13.4. The molecule has 0 aromatic heterocycles. The van der Waals surface area contributed by atoms with E-state index in [4.69, 9.17) is 9.47 Å². The molecule has 1 unspecified atom stereocenters. The molecule has 2 N–H and O–H groups in total. The van der Waals surface area contributed by atoms with Crippen LogP contribution in [0.4, 0.5) is 8.78 Å². The van der Waals surface area contributed by atoms with Crippen LogP contribution in [0.15, 0.2) is 47.0 Å². The molecule has 1 rings (SSSR count). The van der Waals surface area contributed by atoms with Crippen LogP contribution in [-0.2, 0) is 14.3 Å². The van der Waals surface area contributed by atoms with Gasteiger partial charge in [0.05, 0.1) is 38.1 Å². The van der Waals surface area contributed by atoms with E-state index < -0.39 is 17.8 Å². The Kier molecular flexibility index (Phi) is 13.1. The van der Waals surface area contributed by atoms with E-state index in [9.17, 15) is 13.6 Å². The smallest absolute Gasteiger partial charge is 0.305 e. The van der Waals surface area contributed by atoms with Crippen molar-refractivity contribution in [3.63, 3.8) is 0 Å². The summed E-state index contributed by atoms with van der Waals surface area (Å²) in [4.78, 5) is 13.4. The molecule has 2 atom stereocenters. The van der Waals surface area contributed by atoms with Crippen LogP contribution in [0.1, 0.15) is 53.4 Å². The van der Waals surface area contributed by atoms with Crippen molar-refractivity contribution in [2.75, 3.05) is 47.5 Å². The number of ether oxygens (including phenoxy) is 2. The van der Waals surface area contributed by atoms with Crippen LogP contribution in [0.3, 0.4) is 0 Å². The number of likely N-dealkylation sites (N-methyl/N-ethyl adjacent to an activating group) is 2. The van der Waals surface area contributed by atoms with E-state index in [2.05, 4.69) is 31.1 Å². The molecule has 1 heterocycles. The summed E-state index contributed by atoms with van der Waals surface area (Å²) >= 11 is 0. The zero-order chi connectivity index (χ0) is 26.6. The SMILES string of the molecule is C=C(/C=C\C(=C(C)C)N1C[C@@H](CC(=O)OC)CC(F)(F)C1)/C(NC)=C(\COCC(C)CCC)NC. The van der Waals surface area contributed by atoms with Crippen molar-refractivity contribution in [1.29, 1.82) is 0 Å². The lowest BCUT2D eigenvalue weighted by Crippen LogP contribution is -2.47. The molecule has 1 aliphatic heterocycles. The maximum absolute atomic E-state index is 14.5. The molecule has 0 aromatic carbocycles. The van der Waals surface area contributed by atoms with Crippen molar-refractivity contribution in [2.24, 2.45) is 11.8 Å². The average molecular weight is 498 g/mol. The van der Waals surface area contributed by atoms with E-state index in [0.717, 1.165) is 29.8 Å². The zero-order valence-corrected chi connectivity index (χ0v) is 22.6. The highest BCUT2D eigenvalue weighted by Gasteiger charge is 2.41. The van der Waals surface area contributed by atoms with E-state index >= 15 is 0 Å². The highest BCUT2D eigenvalue weighted by Crippen LogP contribution is 2.35. The quantitative estimate of drug-likeness (QED) is 0.260. The second kappa shape index (κ2) is 14.9. The first-order valence-corrected chi connectivity index (χ1v) is 12.4. The van der Waals surface area contributed by atoms with Crippen molar-refractivity contribution >= 4 is 5.97 Å². The molecule has 0 aliphatic carbocycles. The number of halogens is 2. The Labute approximate surface area is 210 Å². The molecule has 200 valence electrons. The largest absolute Gasteiger partial charge is 0.469 e. The van der Waals surface area contributed by atoms with E-state index in [1.165, 1.54) is 7.11 Å². The number of nitrogens with zero attached hydrogens (tertiary/aromatic N) is 1. The summed E-state index contributed by atoms with van der Waals surface area (Å²) in [7, 11) is 4.93. The molecule has 1 saturated heterocycles. The lowest BCUT2D eigenvalue weighted by molar-refractivity contribution is -0.144. The minimum atomic E-state index is -2.88.